The summed E-state index contributed by atoms with van der Waals surface area (Å²) in [6.45, 7) is 2.19. The molecule has 7 heteroatoms. The van der Waals surface area contributed by atoms with Gasteiger partial charge in [0.05, 0.1) is 17.0 Å². The quantitative estimate of drug-likeness (QED) is 0.716. The van der Waals surface area contributed by atoms with Crippen LogP contribution in [0.15, 0.2) is 27.8 Å². The van der Waals surface area contributed by atoms with E-state index in [0.29, 0.717) is 30.4 Å². The Morgan fingerprint density at radius 3 is 2.41 bits per heavy atom. The maximum absolute atomic E-state index is 11.4. The van der Waals surface area contributed by atoms with Gasteiger partial charge in [-0.25, -0.2) is 0 Å². The molecule has 1 aliphatic heterocycles. The van der Waals surface area contributed by atoms with Crippen LogP contribution in [0.5, 0.6) is 0 Å². The first-order valence-corrected chi connectivity index (χ1v) is 7.23. The Balaban J connectivity index is 1.75. The zero-order chi connectivity index (χ0) is 15.7. The molecule has 3 rings (SSSR count). The first-order valence-electron chi connectivity index (χ1n) is 7.23. The standard InChI is InChI=1S/C15H17N3O4/c19-13-14(20)17-12-7-9(1-2-11(12)16-13)8-18-5-3-10(4-6-18)15(21)22/h1-2,7,10H,3-6,8H2,(H,16,19)(H,17,20)(H,21,22). The number of benzene rings is 1. The lowest BCUT2D eigenvalue weighted by Gasteiger charge is -2.30. The van der Waals surface area contributed by atoms with Gasteiger partial charge in [0.15, 0.2) is 0 Å². The van der Waals surface area contributed by atoms with Crippen LogP contribution >= 0.6 is 0 Å². The highest BCUT2D eigenvalue weighted by Crippen LogP contribution is 2.20. The number of carboxylic acid groups (broad SMARTS) is 1. The number of aromatic nitrogens is 2. The number of hydrogen-bond donors (Lipinski definition) is 3. The summed E-state index contributed by atoms with van der Waals surface area (Å²) in [5, 5.41) is 9.00. The number of H-pyrrole nitrogens is 2. The molecular formula is C15H17N3O4. The fourth-order valence-electron chi connectivity index (χ4n) is 2.86. The lowest BCUT2D eigenvalue weighted by molar-refractivity contribution is -0.143. The van der Waals surface area contributed by atoms with Crippen molar-refractivity contribution in [1.29, 1.82) is 0 Å². The maximum atomic E-state index is 11.4. The van der Waals surface area contributed by atoms with Gasteiger partial charge in [0, 0.05) is 6.54 Å². The molecule has 0 amide bonds. The number of piperidine rings is 1. The Morgan fingerprint density at radius 1 is 1.14 bits per heavy atom. The molecule has 0 atom stereocenters. The Labute approximate surface area is 125 Å². The average molecular weight is 303 g/mol. The van der Waals surface area contributed by atoms with Crippen LogP contribution in [0.3, 0.4) is 0 Å². The van der Waals surface area contributed by atoms with Gasteiger partial charge in [0.1, 0.15) is 0 Å². The Kier molecular flexibility index (Phi) is 3.81. The molecular weight excluding hydrogens is 286 g/mol. The molecule has 0 aliphatic carbocycles. The van der Waals surface area contributed by atoms with E-state index >= 15 is 0 Å². The van der Waals surface area contributed by atoms with Crippen LogP contribution < -0.4 is 11.1 Å². The number of rotatable bonds is 3. The number of likely N-dealkylation sites (tertiary alicyclic amines) is 1. The van der Waals surface area contributed by atoms with E-state index < -0.39 is 17.1 Å². The zero-order valence-electron chi connectivity index (χ0n) is 12.0. The molecule has 1 aromatic carbocycles. The Hall–Kier alpha value is -2.41. The second-order valence-electron chi connectivity index (χ2n) is 5.68. The third kappa shape index (κ3) is 2.94. The summed E-state index contributed by atoms with van der Waals surface area (Å²) < 4.78 is 0. The fourth-order valence-corrected chi connectivity index (χ4v) is 2.86. The van der Waals surface area contributed by atoms with E-state index in [1.165, 1.54) is 0 Å². The highest BCUT2D eigenvalue weighted by molar-refractivity contribution is 5.74. The van der Waals surface area contributed by atoms with Crippen LogP contribution in [-0.4, -0.2) is 39.0 Å². The van der Waals surface area contributed by atoms with Crippen molar-refractivity contribution >= 4 is 17.0 Å². The van der Waals surface area contributed by atoms with Gasteiger partial charge in [-0.2, -0.15) is 0 Å². The van der Waals surface area contributed by atoms with E-state index in [4.69, 9.17) is 5.11 Å². The number of nitrogens with zero attached hydrogens (tertiary/aromatic N) is 1. The van der Waals surface area contributed by atoms with Crippen LogP contribution in [0.4, 0.5) is 0 Å². The van der Waals surface area contributed by atoms with Crippen molar-refractivity contribution in [2.75, 3.05) is 13.1 Å². The molecule has 22 heavy (non-hydrogen) atoms. The summed E-state index contributed by atoms with van der Waals surface area (Å²) in [6.07, 6.45) is 1.32. The highest BCUT2D eigenvalue weighted by atomic mass is 16.4. The molecule has 0 radical (unpaired) electrons. The summed E-state index contributed by atoms with van der Waals surface area (Å²) in [5.41, 5.74) is 0.896. The van der Waals surface area contributed by atoms with E-state index in [9.17, 15) is 14.4 Å². The second-order valence-corrected chi connectivity index (χ2v) is 5.68. The summed E-state index contributed by atoms with van der Waals surface area (Å²) in [7, 11) is 0. The minimum atomic E-state index is -0.716. The van der Waals surface area contributed by atoms with Gasteiger partial charge in [0.25, 0.3) is 0 Å². The first kappa shape index (κ1) is 14.5. The molecule has 1 aliphatic rings. The van der Waals surface area contributed by atoms with Crippen molar-refractivity contribution in [3.05, 3.63) is 44.5 Å². The van der Waals surface area contributed by atoms with Crippen LogP contribution in [-0.2, 0) is 11.3 Å². The van der Waals surface area contributed by atoms with Gasteiger partial charge in [-0.15, -0.1) is 0 Å². The predicted octanol–water partition coefficient (Wildman–Crippen LogP) is 0.513. The summed E-state index contributed by atoms with van der Waals surface area (Å²) >= 11 is 0. The van der Waals surface area contributed by atoms with Gasteiger partial charge in [0.2, 0.25) is 0 Å². The molecule has 0 bridgehead atoms. The van der Waals surface area contributed by atoms with E-state index in [0.717, 1.165) is 18.7 Å². The number of hydrogen-bond acceptors (Lipinski definition) is 4. The zero-order valence-corrected chi connectivity index (χ0v) is 12.0. The molecule has 1 aromatic heterocycles. The minimum absolute atomic E-state index is 0.241. The third-order valence-electron chi connectivity index (χ3n) is 4.13. The third-order valence-corrected chi connectivity index (χ3v) is 4.13. The van der Waals surface area contributed by atoms with Gasteiger partial charge in [-0.1, -0.05) is 6.07 Å². The smallest absolute Gasteiger partial charge is 0.314 e. The molecule has 0 spiro atoms. The molecule has 116 valence electrons. The highest BCUT2D eigenvalue weighted by Gasteiger charge is 2.24. The monoisotopic (exact) mass is 303 g/mol. The SMILES string of the molecule is O=C(O)C1CCN(Cc2ccc3[nH]c(=O)c(=O)[nH]c3c2)CC1. The number of fused-ring (bicyclic) bond motifs is 1. The predicted molar refractivity (Wildman–Crippen MR) is 80.8 cm³/mol. The Bertz CT molecular complexity index is 815. The lowest BCUT2D eigenvalue weighted by atomic mass is 9.97. The van der Waals surface area contributed by atoms with Gasteiger partial charge < -0.3 is 15.1 Å². The number of nitrogens with one attached hydrogen (secondary N) is 2. The molecule has 2 aromatic rings. The Morgan fingerprint density at radius 2 is 1.77 bits per heavy atom. The lowest BCUT2D eigenvalue weighted by Crippen LogP contribution is -2.35. The van der Waals surface area contributed by atoms with Crippen LogP contribution in [0.1, 0.15) is 18.4 Å². The number of carbonyl (C=O) groups is 1. The normalized spacial score (nSPS) is 16.9. The topological polar surface area (TPSA) is 106 Å². The van der Waals surface area contributed by atoms with E-state index in [-0.39, 0.29) is 5.92 Å². The first-order chi connectivity index (χ1) is 10.5. The van der Waals surface area contributed by atoms with Gasteiger partial charge >= 0.3 is 17.1 Å². The number of carboxylic acids is 1. The maximum Gasteiger partial charge on any atom is 0.314 e. The molecule has 1 fully saturated rings. The minimum Gasteiger partial charge on any atom is -0.481 e. The average Bonchev–Trinajstić information content (AvgIpc) is 2.49. The van der Waals surface area contributed by atoms with Crippen molar-refractivity contribution < 1.29 is 9.90 Å². The molecule has 0 saturated carbocycles. The van der Waals surface area contributed by atoms with Crippen LogP contribution in [0.2, 0.25) is 0 Å². The van der Waals surface area contributed by atoms with Crippen molar-refractivity contribution in [1.82, 2.24) is 14.9 Å². The number of aromatic amines is 2. The molecule has 0 unspecified atom stereocenters. The van der Waals surface area contributed by atoms with Crippen LogP contribution in [0, 0.1) is 5.92 Å². The van der Waals surface area contributed by atoms with E-state index in [2.05, 4.69) is 14.9 Å². The molecule has 3 N–H and O–H groups in total. The summed E-state index contributed by atoms with van der Waals surface area (Å²) in [4.78, 5) is 40.9. The van der Waals surface area contributed by atoms with Crippen molar-refractivity contribution in [2.45, 2.75) is 19.4 Å². The van der Waals surface area contributed by atoms with Gasteiger partial charge in [-0.05, 0) is 43.6 Å². The largest absolute Gasteiger partial charge is 0.481 e. The summed E-state index contributed by atoms with van der Waals surface area (Å²) in [6, 6.07) is 5.52. The van der Waals surface area contributed by atoms with E-state index in [1.807, 2.05) is 12.1 Å². The van der Waals surface area contributed by atoms with Crippen molar-refractivity contribution in [2.24, 2.45) is 5.92 Å². The van der Waals surface area contributed by atoms with Crippen molar-refractivity contribution in [3.8, 4) is 0 Å². The van der Waals surface area contributed by atoms with Crippen molar-refractivity contribution in [3.63, 3.8) is 0 Å². The second kappa shape index (κ2) is 5.76. The molecule has 2 heterocycles. The fraction of sp³-hybridized carbons (Fsp3) is 0.400. The van der Waals surface area contributed by atoms with Gasteiger partial charge in [-0.3, -0.25) is 19.3 Å². The molecule has 1 saturated heterocycles. The summed E-state index contributed by atoms with van der Waals surface area (Å²) in [5.74, 6) is -0.957. The van der Waals surface area contributed by atoms with Crippen LogP contribution in [0.25, 0.3) is 11.0 Å². The number of aliphatic carboxylic acids is 1. The molecule has 7 nitrogen and oxygen atoms in total. The van der Waals surface area contributed by atoms with E-state index in [1.54, 1.807) is 6.07 Å².